The van der Waals surface area contributed by atoms with E-state index in [0.29, 0.717) is 37.8 Å². The number of rotatable bonds is 6. The summed E-state index contributed by atoms with van der Waals surface area (Å²) in [6, 6.07) is 16.7. The number of nitrogens with zero attached hydrogens (tertiary/aromatic N) is 3. The molecule has 1 fully saturated rings. The first-order valence-corrected chi connectivity index (χ1v) is 10.5. The molecule has 8 heteroatoms. The number of halogens is 1. The molecule has 1 aliphatic rings. The van der Waals surface area contributed by atoms with Crippen molar-refractivity contribution in [3.8, 4) is 0 Å². The molecule has 1 saturated heterocycles. The molecule has 0 aliphatic carbocycles. The number of nitrogens with one attached hydrogen (secondary N) is 1. The fourth-order valence-corrected chi connectivity index (χ4v) is 3.90. The first-order chi connectivity index (χ1) is 15.5. The van der Waals surface area contributed by atoms with Crippen molar-refractivity contribution < 1.29 is 18.5 Å². The van der Waals surface area contributed by atoms with E-state index in [0.717, 1.165) is 11.1 Å². The van der Waals surface area contributed by atoms with Gasteiger partial charge in [-0.15, -0.1) is 0 Å². The maximum atomic E-state index is 13.2. The Bertz CT molecular complexity index is 1060. The number of piperazine rings is 1. The summed E-state index contributed by atoms with van der Waals surface area (Å²) >= 11 is 0. The van der Waals surface area contributed by atoms with Gasteiger partial charge in [-0.25, -0.2) is 4.39 Å². The van der Waals surface area contributed by atoms with Crippen LogP contribution in [0.1, 0.15) is 22.9 Å². The van der Waals surface area contributed by atoms with Crippen molar-refractivity contribution in [1.29, 1.82) is 0 Å². The second-order valence-electron chi connectivity index (χ2n) is 7.85. The minimum atomic E-state index is -0.512. The van der Waals surface area contributed by atoms with E-state index in [-0.39, 0.29) is 24.1 Å². The highest BCUT2D eigenvalue weighted by Crippen LogP contribution is 2.24. The molecule has 4 rings (SSSR count). The third-order valence-electron chi connectivity index (χ3n) is 5.54. The number of aromatic nitrogens is 1. The lowest BCUT2D eigenvalue weighted by molar-refractivity contribution is -0.133. The van der Waals surface area contributed by atoms with Gasteiger partial charge in [-0.05, 0) is 30.2 Å². The molecule has 1 aliphatic heterocycles. The van der Waals surface area contributed by atoms with Gasteiger partial charge in [0.25, 0.3) is 0 Å². The van der Waals surface area contributed by atoms with E-state index in [1.54, 1.807) is 30.0 Å². The Hall–Kier alpha value is -3.52. The van der Waals surface area contributed by atoms with Gasteiger partial charge in [0.15, 0.2) is 5.82 Å². The maximum absolute atomic E-state index is 13.2. The van der Waals surface area contributed by atoms with Crippen LogP contribution in [0.25, 0.3) is 0 Å². The van der Waals surface area contributed by atoms with Crippen LogP contribution >= 0.6 is 0 Å². The summed E-state index contributed by atoms with van der Waals surface area (Å²) < 4.78 is 18.1. The van der Waals surface area contributed by atoms with Crippen LogP contribution in [-0.4, -0.2) is 52.9 Å². The molecular weight excluding hydrogens is 411 g/mol. The summed E-state index contributed by atoms with van der Waals surface area (Å²) in [6.45, 7) is 3.90. The first kappa shape index (κ1) is 21.7. The van der Waals surface area contributed by atoms with Gasteiger partial charge in [0, 0.05) is 32.2 Å². The van der Waals surface area contributed by atoms with E-state index in [2.05, 4.69) is 15.4 Å². The number of aryl methyl sites for hydroxylation is 1. The van der Waals surface area contributed by atoms with Crippen LogP contribution in [0, 0.1) is 12.7 Å². The summed E-state index contributed by atoms with van der Waals surface area (Å²) in [5.74, 6) is 0.470. The largest absolute Gasteiger partial charge is 0.360 e. The van der Waals surface area contributed by atoms with E-state index in [4.69, 9.17) is 4.52 Å². The lowest BCUT2D eigenvalue weighted by Gasteiger charge is -2.38. The fourth-order valence-electron chi connectivity index (χ4n) is 3.90. The van der Waals surface area contributed by atoms with Gasteiger partial charge in [0.05, 0.1) is 6.42 Å². The Morgan fingerprint density at radius 2 is 1.75 bits per heavy atom. The second kappa shape index (κ2) is 9.74. The van der Waals surface area contributed by atoms with Gasteiger partial charge < -0.3 is 14.7 Å². The van der Waals surface area contributed by atoms with Crippen molar-refractivity contribution in [2.75, 3.05) is 31.5 Å². The Kier molecular flexibility index (Phi) is 6.61. The number of carbonyl (C=O) groups excluding carboxylic acids is 2. The Morgan fingerprint density at radius 1 is 1.06 bits per heavy atom. The van der Waals surface area contributed by atoms with E-state index < -0.39 is 6.04 Å². The quantitative estimate of drug-likeness (QED) is 0.642. The van der Waals surface area contributed by atoms with E-state index in [1.807, 2.05) is 30.3 Å². The molecular formula is C24H25FN4O3. The molecule has 166 valence electrons. The average Bonchev–Trinajstić information content (AvgIpc) is 3.21. The molecule has 2 amide bonds. The predicted octanol–water partition coefficient (Wildman–Crippen LogP) is 3.19. The minimum Gasteiger partial charge on any atom is -0.360 e. The molecule has 0 spiro atoms. The summed E-state index contributed by atoms with van der Waals surface area (Å²) in [4.78, 5) is 29.7. The highest BCUT2D eigenvalue weighted by Gasteiger charge is 2.32. The van der Waals surface area contributed by atoms with E-state index in [9.17, 15) is 14.0 Å². The molecule has 2 aromatic carbocycles. The normalized spacial score (nSPS) is 15.4. The smallest absolute Gasteiger partial charge is 0.247 e. The van der Waals surface area contributed by atoms with Gasteiger partial charge in [-0.1, -0.05) is 47.6 Å². The predicted molar refractivity (Wildman–Crippen MR) is 117 cm³/mol. The van der Waals surface area contributed by atoms with Crippen molar-refractivity contribution in [1.82, 2.24) is 15.0 Å². The molecule has 0 radical (unpaired) electrons. The summed E-state index contributed by atoms with van der Waals surface area (Å²) in [5, 5.41) is 6.69. The molecule has 1 unspecified atom stereocenters. The fraction of sp³-hybridized carbons (Fsp3) is 0.292. The third-order valence-corrected chi connectivity index (χ3v) is 5.54. The van der Waals surface area contributed by atoms with Crippen LogP contribution in [-0.2, 0) is 16.0 Å². The van der Waals surface area contributed by atoms with Crippen LogP contribution in [0.5, 0.6) is 0 Å². The number of amides is 2. The highest BCUT2D eigenvalue weighted by molar-refractivity contribution is 5.94. The first-order valence-electron chi connectivity index (χ1n) is 10.5. The molecule has 32 heavy (non-hydrogen) atoms. The standard InChI is InChI=1S/C24H25FN4O3/c1-17-15-21(27-32-17)26-24(31)23(19-5-3-2-4-6-19)29-13-11-28(12-14-29)22(30)16-18-7-9-20(25)10-8-18/h2-10,15,23H,11-14,16H2,1H3,(H,26,27,31). The molecule has 1 aromatic heterocycles. The zero-order chi connectivity index (χ0) is 22.5. The molecule has 1 N–H and O–H groups in total. The van der Waals surface area contributed by atoms with Crippen LogP contribution in [0.2, 0.25) is 0 Å². The van der Waals surface area contributed by atoms with E-state index in [1.165, 1.54) is 12.1 Å². The Morgan fingerprint density at radius 3 is 2.38 bits per heavy atom. The average molecular weight is 436 g/mol. The van der Waals surface area contributed by atoms with Crippen LogP contribution in [0.3, 0.4) is 0 Å². The SMILES string of the molecule is Cc1cc(NC(=O)C(c2ccccc2)N2CCN(C(=O)Cc3ccc(F)cc3)CC2)no1. The topological polar surface area (TPSA) is 78.7 Å². The second-order valence-corrected chi connectivity index (χ2v) is 7.85. The minimum absolute atomic E-state index is 0.00459. The maximum Gasteiger partial charge on any atom is 0.247 e. The van der Waals surface area contributed by atoms with Crippen molar-refractivity contribution in [3.63, 3.8) is 0 Å². The third kappa shape index (κ3) is 5.20. The van der Waals surface area contributed by atoms with Crippen LogP contribution in [0.15, 0.2) is 65.2 Å². The number of hydrogen-bond donors (Lipinski definition) is 1. The van der Waals surface area contributed by atoms with Crippen molar-refractivity contribution in [3.05, 3.63) is 83.4 Å². The molecule has 7 nitrogen and oxygen atoms in total. The zero-order valence-electron chi connectivity index (χ0n) is 17.8. The molecule has 0 saturated carbocycles. The molecule has 3 aromatic rings. The summed E-state index contributed by atoms with van der Waals surface area (Å²) in [7, 11) is 0. The summed E-state index contributed by atoms with van der Waals surface area (Å²) in [6.07, 6.45) is 0.231. The van der Waals surface area contributed by atoms with Crippen molar-refractivity contribution in [2.24, 2.45) is 0 Å². The Labute approximate surface area is 185 Å². The number of benzene rings is 2. The van der Waals surface area contributed by atoms with Gasteiger partial charge in [0.1, 0.15) is 17.6 Å². The number of carbonyl (C=O) groups is 2. The van der Waals surface area contributed by atoms with Crippen molar-refractivity contribution >= 4 is 17.6 Å². The monoisotopic (exact) mass is 436 g/mol. The lowest BCUT2D eigenvalue weighted by atomic mass is 10.0. The summed E-state index contributed by atoms with van der Waals surface area (Å²) in [5.41, 5.74) is 1.65. The Balaban J connectivity index is 1.42. The van der Waals surface area contributed by atoms with Gasteiger partial charge in [-0.3, -0.25) is 14.5 Å². The lowest BCUT2D eigenvalue weighted by Crippen LogP contribution is -2.52. The van der Waals surface area contributed by atoms with Gasteiger partial charge >= 0.3 is 0 Å². The number of hydrogen-bond acceptors (Lipinski definition) is 5. The highest BCUT2D eigenvalue weighted by atomic mass is 19.1. The molecule has 1 atom stereocenters. The van der Waals surface area contributed by atoms with Crippen molar-refractivity contribution in [2.45, 2.75) is 19.4 Å². The van der Waals surface area contributed by atoms with Crippen LogP contribution in [0.4, 0.5) is 10.2 Å². The van der Waals surface area contributed by atoms with Crippen LogP contribution < -0.4 is 5.32 Å². The molecule has 0 bridgehead atoms. The molecule has 2 heterocycles. The van der Waals surface area contributed by atoms with E-state index >= 15 is 0 Å². The van der Waals surface area contributed by atoms with Gasteiger partial charge in [-0.2, -0.15) is 0 Å². The van der Waals surface area contributed by atoms with Gasteiger partial charge in [0.2, 0.25) is 11.8 Å². The number of anilines is 1. The zero-order valence-corrected chi connectivity index (χ0v) is 17.8.